The van der Waals surface area contributed by atoms with E-state index < -0.39 is 0 Å². The van der Waals surface area contributed by atoms with Crippen LogP contribution in [-0.4, -0.2) is 28.8 Å². The first kappa shape index (κ1) is 12.9. The molecule has 1 aromatic rings. The van der Waals surface area contributed by atoms with Crippen LogP contribution in [0.5, 0.6) is 5.75 Å². The summed E-state index contributed by atoms with van der Waals surface area (Å²) in [7, 11) is 0. The molecule has 1 amide bonds. The van der Waals surface area contributed by atoms with Crippen LogP contribution < -0.4 is 5.32 Å². The number of aliphatic hydroxyl groups excluding tert-OH is 1. The molecule has 0 unspecified atom stereocenters. The van der Waals surface area contributed by atoms with Gasteiger partial charge in [-0.15, -0.1) is 0 Å². The Labute approximate surface area is 107 Å². The van der Waals surface area contributed by atoms with Gasteiger partial charge in [0.05, 0.1) is 11.7 Å². The minimum atomic E-state index is -0.237. The molecule has 98 valence electrons. The fraction of sp³-hybridized carbons (Fsp3) is 0.500. The van der Waals surface area contributed by atoms with Gasteiger partial charge in [-0.05, 0) is 43.7 Å². The van der Waals surface area contributed by atoms with Crippen molar-refractivity contribution in [2.75, 3.05) is 6.54 Å². The van der Waals surface area contributed by atoms with Crippen molar-refractivity contribution in [3.8, 4) is 5.75 Å². The van der Waals surface area contributed by atoms with E-state index in [9.17, 15) is 15.0 Å². The Morgan fingerprint density at radius 3 is 2.56 bits per heavy atom. The first-order valence-corrected chi connectivity index (χ1v) is 6.41. The van der Waals surface area contributed by atoms with Gasteiger partial charge in [0.15, 0.2) is 0 Å². The third kappa shape index (κ3) is 3.23. The first-order chi connectivity index (χ1) is 8.66. The summed E-state index contributed by atoms with van der Waals surface area (Å²) in [5, 5.41) is 21.8. The van der Waals surface area contributed by atoms with E-state index in [0.29, 0.717) is 18.0 Å². The van der Waals surface area contributed by atoms with Gasteiger partial charge >= 0.3 is 0 Å². The molecule has 1 saturated carbocycles. The Hall–Kier alpha value is -1.55. The van der Waals surface area contributed by atoms with Crippen LogP contribution in [0.3, 0.4) is 0 Å². The van der Waals surface area contributed by atoms with E-state index in [1.807, 2.05) is 0 Å². The van der Waals surface area contributed by atoms with Crippen LogP contribution in [-0.2, 0) is 0 Å². The molecule has 18 heavy (non-hydrogen) atoms. The number of aromatic hydroxyl groups is 1. The molecule has 4 heteroatoms. The van der Waals surface area contributed by atoms with Crippen molar-refractivity contribution in [1.29, 1.82) is 0 Å². The number of benzene rings is 1. The fourth-order valence-corrected chi connectivity index (χ4v) is 2.35. The Morgan fingerprint density at radius 1 is 1.22 bits per heavy atom. The minimum Gasteiger partial charge on any atom is -0.507 e. The highest BCUT2D eigenvalue weighted by Crippen LogP contribution is 2.23. The maximum Gasteiger partial charge on any atom is 0.255 e. The molecule has 1 aliphatic carbocycles. The van der Waals surface area contributed by atoms with E-state index in [0.717, 1.165) is 25.7 Å². The standard InChI is InChI=1S/C14H19NO3/c16-11-7-5-10(6-8-11)9-15-14(18)12-3-1-2-4-13(12)17/h1-4,10-11,16-17H,5-9H2,(H,15,18). The Bertz CT molecular complexity index is 411. The predicted molar refractivity (Wildman–Crippen MR) is 68.4 cm³/mol. The molecule has 2 rings (SSSR count). The fourth-order valence-electron chi connectivity index (χ4n) is 2.35. The molecule has 0 aliphatic heterocycles. The number of amides is 1. The molecule has 0 heterocycles. The number of hydrogen-bond donors (Lipinski definition) is 3. The molecule has 0 aromatic heterocycles. The molecule has 1 aromatic carbocycles. The van der Waals surface area contributed by atoms with Crippen LogP contribution in [0.4, 0.5) is 0 Å². The van der Waals surface area contributed by atoms with Crippen molar-refractivity contribution in [3.05, 3.63) is 29.8 Å². The highest BCUT2D eigenvalue weighted by Gasteiger charge is 2.20. The van der Waals surface area contributed by atoms with Gasteiger partial charge in [-0.25, -0.2) is 0 Å². The zero-order valence-corrected chi connectivity index (χ0v) is 10.3. The van der Waals surface area contributed by atoms with Crippen LogP contribution >= 0.6 is 0 Å². The summed E-state index contributed by atoms with van der Waals surface area (Å²) >= 11 is 0. The SMILES string of the molecule is O=C(NCC1CCC(O)CC1)c1ccccc1O. The number of phenolic OH excluding ortho intramolecular Hbond substituents is 1. The van der Waals surface area contributed by atoms with Gasteiger partial charge in [0.25, 0.3) is 5.91 Å². The van der Waals surface area contributed by atoms with Crippen molar-refractivity contribution < 1.29 is 15.0 Å². The second kappa shape index (κ2) is 5.87. The molecule has 0 atom stereocenters. The zero-order chi connectivity index (χ0) is 13.0. The molecule has 0 saturated heterocycles. The number of hydrogen-bond acceptors (Lipinski definition) is 3. The predicted octanol–water partition coefficient (Wildman–Crippen LogP) is 1.67. The number of nitrogens with one attached hydrogen (secondary N) is 1. The van der Waals surface area contributed by atoms with Gasteiger partial charge in [0.2, 0.25) is 0 Å². The summed E-state index contributed by atoms with van der Waals surface area (Å²) in [6.45, 7) is 0.611. The van der Waals surface area contributed by atoms with E-state index >= 15 is 0 Å². The Balaban J connectivity index is 1.84. The molecule has 1 aliphatic rings. The molecule has 0 bridgehead atoms. The highest BCUT2D eigenvalue weighted by atomic mass is 16.3. The maximum atomic E-state index is 11.9. The average molecular weight is 249 g/mol. The molecular weight excluding hydrogens is 230 g/mol. The van der Waals surface area contributed by atoms with E-state index in [4.69, 9.17) is 0 Å². The first-order valence-electron chi connectivity index (χ1n) is 6.41. The lowest BCUT2D eigenvalue weighted by molar-refractivity contribution is 0.0908. The zero-order valence-electron chi connectivity index (χ0n) is 10.3. The van der Waals surface area contributed by atoms with Gasteiger partial charge in [0, 0.05) is 6.54 Å². The Morgan fingerprint density at radius 2 is 1.89 bits per heavy atom. The van der Waals surface area contributed by atoms with Gasteiger partial charge in [-0.1, -0.05) is 12.1 Å². The van der Waals surface area contributed by atoms with Crippen LogP contribution in [0.2, 0.25) is 0 Å². The van der Waals surface area contributed by atoms with Crippen LogP contribution in [0.15, 0.2) is 24.3 Å². The molecular formula is C14H19NO3. The largest absolute Gasteiger partial charge is 0.507 e. The summed E-state index contributed by atoms with van der Waals surface area (Å²) in [4.78, 5) is 11.9. The van der Waals surface area contributed by atoms with Crippen molar-refractivity contribution in [2.24, 2.45) is 5.92 Å². The summed E-state index contributed by atoms with van der Waals surface area (Å²) < 4.78 is 0. The average Bonchev–Trinajstić information content (AvgIpc) is 2.38. The van der Waals surface area contributed by atoms with Crippen LogP contribution in [0, 0.1) is 5.92 Å². The van der Waals surface area contributed by atoms with Crippen LogP contribution in [0.1, 0.15) is 36.0 Å². The minimum absolute atomic E-state index is 0.00839. The third-order valence-electron chi connectivity index (χ3n) is 3.52. The van der Waals surface area contributed by atoms with Gasteiger partial charge in [-0.2, -0.15) is 0 Å². The highest BCUT2D eigenvalue weighted by molar-refractivity contribution is 5.96. The summed E-state index contributed by atoms with van der Waals surface area (Å²) in [5.74, 6) is 0.205. The summed E-state index contributed by atoms with van der Waals surface area (Å²) in [6, 6.07) is 6.53. The second-order valence-corrected chi connectivity index (χ2v) is 4.90. The van der Waals surface area contributed by atoms with Crippen molar-refractivity contribution in [2.45, 2.75) is 31.8 Å². The van der Waals surface area contributed by atoms with E-state index in [-0.39, 0.29) is 17.8 Å². The normalized spacial score (nSPS) is 23.6. The second-order valence-electron chi connectivity index (χ2n) is 4.90. The van der Waals surface area contributed by atoms with E-state index in [1.54, 1.807) is 18.2 Å². The summed E-state index contributed by atoms with van der Waals surface area (Å²) in [5.41, 5.74) is 0.313. The molecule has 3 N–H and O–H groups in total. The van der Waals surface area contributed by atoms with Gasteiger partial charge < -0.3 is 15.5 Å². The van der Waals surface area contributed by atoms with E-state index in [1.165, 1.54) is 6.07 Å². The quantitative estimate of drug-likeness (QED) is 0.763. The number of carbonyl (C=O) groups is 1. The van der Waals surface area contributed by atoms with Crippen molar-refractivity contribution >= 4 is 5.91 Å². The number of para-hydroxylation sites is 1. The summed E-state index contributed by atoms with van der Waals surface area (Å²) in [6.07, 6.45) is 3.36. The van der Waals surface area contributed by atoms with Gasteiger partial charge in [0.1, 0.15) is 5.75 Å². The van der Waals surface area contributed by atoms with E-state index in [2.05, 4.69) is 5.32 Å². The molecule has 0 spiro atoms. The van der Waals surface area contributed by atoms with Crippen molar-refractivity contribution in [1.82, 2.24) is 5.32 Å². The molecule has 1 fully saturated rings. The topological polar surface area (TPSA) is 69.6 Å². The van der Waals surface area contributed by atoms with Crippen LogP contribution in [0.25, 0.3) is 0 Å². The number of carbonyl (C=O) groups excluding carboxylic acids is 1. The third-order valence-corrected chi connectivity index (χ3v) is 3.52. The lowest BCUT2D eigenvalue weighted by atomic mass is 9.87. The van der Waals surface area contributed by atoms with Gasteiger partial charge in [-0.3, -0.25) is 4.79 Å². The Kier molecular flexibility index (Phi) is 4.20. The number of rotatable bonds is 3. The molecule has 4 nitrogen and oxygen atoms in total. The lowest BCUT2D eigenvalue weighted by Crippen LogP contribution is -2.32. The maximum absolute atomic E-state index is 11.9. The number of phenols is 1. The van der Waals surface area contributed by atoms with Crippen molar-refractivity contribution in [3.63, 3.8) is 0 Å². The molecule has 0 radical (unpaired) electrons. The smallest absolute Gasteiger partial charge is 0.255 e. The number of aliphatic hydroxyl groups is 1. The lowest BCUT2D eigenvalue weighted by Gasteiger charge is -2.25. The monoisotopic (exact) mass is 249 g/mol.